The summed E-state index contributed by atoms with van der Waals surface area (Å²) >= 11 is 0. The summed E-state index contributed by atoms with van der Waals surface area (Å²) < 4.78 is 11.5. The van der Waals surface area contributed by atoms with Crippen molar-refractivity contribution in [3.8, 4) is 0 Å². The first-order valence-electron chi connectivity index (χ1n) is 11.8. The van der Waals surface area contributed by atoms with Crippen molar-refractivity contribution < 1.29 is 28.3 Å². The lowest BCUT2D eigenvalue weighted by atomic mass is 9.86. The SMILES string of the molecule is Cc1c(CCC(=O)N[C@@H](CCCNC(N)=O)C(=O)[O-])c(=O)oc2c(C)c3occ(C(C)(C)C)c3cc12. The molecule has 3 amide bonds. The van der Waals surface area contributed by atoms with E-state index in [-0.39, 0.29) is 37.6 Å². The summed E-state index contributed by atoms with van der Waals surface area (Å²) in [6.45, 7) is 10.1. The van der Waals surface area contributed by atoms with Gasteiger partial charge in [0.15, 0.2) is 0 Å². The minimum absolute atomic E-state index is 0.0571. The van der Waals surface area contributed by atoms with Crippen LogP contribution in [-0.4, -0.2) is 30.5 Å². The number of carboxylic acid groups (broad SMARTS) is 1. The molecule has 0 fully saturated rings. The first kappa shape index (κ1) is 26.8. The molecule has 0 aliphatic heterocycles. The Balaban J connectivity index is 1.82. The van der Waals surface area contributed by atoms with E-state index in [1.165, 1.54) is 0 Å². The van der Waals surface area contributed by atoms with Gasteiger partial charge < -0.3 is 35.1 Å². The van der Waals surface area contributed by atoms with E-state index in [1.807, 2.05) is 19.9 Å². The van der Waals surface area contributed by atoms with E-state index in [4.69, 9.17) is 14.6 Å². The Kier molecular flexibility index (Phi) is 7.76. The largest absolute Gasteiger partial charge is 0.548 e. The molecular weight excluding hydrogens is 466 g/mol. The predicted octanol–water partition coefficient (Wildman–Crippen LogP) is 2.07. The molecule has 10 heteroatoms. The summed E-state index contributed by atoms with van der Waals surface area (Å²) in [5.74, 6) is -1.97. The summed E-state index contributed by atoms with van der Waals surface area (Å²) in [6.07, 6.45) is 2.04. The van der Waals surface area contributed by atoms with Crippen molar-refractivity contribution in [1.82, 2.24) is 10.6 Å². The van der Waals surface area contributed by atoms with E-state index in [9.17, 15) is 24.3 Å². The molecule has 0 radical (unpaired) electrons. The Labute approximate surface area is 208 Å². The number of aliphatic carboxylic acids is 1. The number of carbonyl (C=O) groups is 3. The predicted molar refractivity (Wildman–Crippen MR) is 133 cm³/mol. The summed E-state index contributed by atoms with van der Waals surface area (Å²) in [5, 5.41) is 17.9. The average molecular weight is 499 g/mol. The molecule has 0 saturated heterocycles. The van der Waals surface area contributed by atoms with Crippen LogP contribution in [0.3, 0.4) is 0 Å². The zero-order valence-electron chi connectivity index (χ0n) is 21.2. The van der Waals surface area contributed by atoms with Crippen molar-refractivity contribution in [2.24, 2.45) is 5.73 Å². The molecule has 0 aliphatic rings. The van der Waals surface area contributed by atoms with E-state index in [1.54, 1.807) is 6.26 Å². The fraction of sp³-hybridized carbons (Fsp3) is 0.462. The van der Waals surface area contributed by atoms with Gasteiger partial charge in [0.05, 0.1) is 18.3 Å². The van der Waals surface area contributed by atoms with Crippen molar-refractivity contribution in [3.63, 3.8) is 0 Å². The number of urea groups is 1. The van der Waals surface area contributed by atoms with Crippen molar-refractivity contribution in [3.05, 3.63) is 45.0 Å². The molecule has 36 heavy (non-hydrogen) atoms. The molecule has 2 aromatic heterocycles. The third kappa shape index (κ3) is 5.69. The van der Waals surface area contributed by atoms with Crippen molar-refractivity contribution in [2.45, 2.75) is 71.8 Å². The van der Waals surface area contributed by atoms with E-state index >= 15 is 0 Å². The number of fused-ring (bicyclic) bond motifs is 2. The molecule has 4 N–H and O–H groups in total. The van der Waals surface area contributed by atoms with Crippen molar-refractivity contribution in [1.29, 1.82) is 0 Å². The summed E-state index contributed by atoms with van der Waals surface area (Å²) in [5.41, 5.74) is 8.20. The summed E-state index contributed by atoms with van der Waals surface area (Å²) in [7, 11) is 0. The molecule has 0 unspecified atom stereocenters. The van der Waals surface area contributed by atoms with Gasteiger partial charge in [0, 0.05) is 40.4 Å². The number of rotatable bonds is 9. The Hall–Kier alpha value is -3.82. The average Bonchev–Trinajstić information content (AvgIpc) is 3.21. The molecule has 3 rings (SSSR count). The van der Waals surface area contributed by atoms with Gasteiger partial charge in [-0.2, -0.15) is 0 Å². The number of hydrogen-bond donors (Lipinski definition) is 3. The minimum atomic E-state index is -1.43. The van der Waals surface area contributed by atoms with Gasteiger partial charge >= 0.3 is 11.7 Å². The van der Waals surface area contributed by atoms with E-state index in [0.29, 0.717) is 22.3 Å². The first-order valence-corrected chi connectivity index (χ1v) is 11.8. The molecule has 1 aromatic carbocycles. The van der Waals surface area contributed by atoms with Crippen LogP contribution in [0.5, 0.6) is 0 Å². The van der Waals surface area contributed by atoms with Crippen LogP contribution in [0.25, 0.3) is 21.9 Å². The van der Waals surface area contributed by atoms with Gasteiger partial charge in [-0.3, -0.25) is 4.79 Å². The number of furan rings is 1. The molecule has 2 heterocycles. The highest BCUT2D eigenvalue weighted by Gasteiger charge is 2.24. The quantitative estimate of drug-likeness (QED) is 0.300. The number of carboxylic acids is 1. The maximum atomic E-state index is 12.8. The van der Waals surface area contributed by atoms with Crippen LogP contribution in [0.1, 0.15) is 62.3 Å². The number of aryl methyl sites for hydroxylation is 2. The molecule has 10 nitrogen and oxygen atoms in total. The Morgan fingerprint density at radius 1 is 1.11 bits per heavy atom. The van der Waals surface area contributed by atoms with Gasteiger partial charge in [0.2, 0.25) is 5.91 Å². The van der Waals surface area contributed by atoms with Crippen LogP contribution in [0.15, 0.2) is 26.0 Å². The minimum Gasteiger partial charge on any atom is -0.548 e. The lowest BCUT2D eigenvalue weighted by Crippen LogP contribution is -2.48. The Morgan fingerprint density at radius 2 is 1.81 bits per heavy atom. The lowest BCUT2D eigenvalue weighted by molar-refractivity contribution is -0.308. The molecular formula is C26H32N3O7-. The normalized spacial score (nSPS) is 12.6. The van der Waals surface area contributed by atoms with E-state index < -0.39 is 29.6 Å². The number of primary amides is 1. The molecule has 0 saturated carbocycles. The second-order valence-electron chi connectivity index (χ2n) is 10.0. The molecule has 194 valence electrons. The third-order valence-corrected chi connectivity index (χ3v) is 6.34. The topological polar surface area (TPSA) is 168 Å². The van der Waals surface area contributed by atoms with Gasteiger partial charge in [-0.25, -0.2) is 9.59 Å². The van der Waals surface area contributed by atoms with Gasteiger partial charge in [-0.15, -0.1) is 0 Å². The van der Waals surface area contributed by atoms with Gasteiger partial charge in [-0.05, 0) is 50.2 Å². The lowest BCUT2D eigenvalue weighted by Gasteiger charge is -2.20. The maximum absolute atomic E-state index is 12.8. The second kappa shape index (κ2) is 10.4. The maximum Gasteiger partial charge on any atom is 0.339 e. The molecule has 0 aliphatic carbocycles. The Morgan fingerprint density at radius 3 is 2.42 bits per heavy atom. The monoisotopic (exact) mass is 498 g/mol. The van der Waals surface area contributed by atoms with Crippen molar-refractivity contribution in [2.75, 3.05) is 6.54 Å². The van der Waals surface area contributed by atoms with Gasteiger partial charge in [0.25, 0.3) is 0 Å². The summed E-state index contributed by atoms with van der Waals surface area (Å²) in [4.78, 5) is 47.4. The number of carbonyl (C=O) groups excluding carboxylic acids is 3. The smallest absolute Gasteiger partial charge is 0.339 e. The number of nitrogens with two attached hydrogens (primary N) is 1. The standard InChI is InChI=1S/C26H33N3O7/c1-13-15(8-9-20(30)29-19(23(31)32)7-6-10-28-25(27)34)24(33)36-22-14(2)21-17(11-16(13)22)18(12-35-21)26(3,4)5/h11-12,19H,6-10H2,1-5H3,(H,29,30)(H,31,32)(H3,27,28,34)/p-1/t19-/m0/s1. The number of nitrogens with one attached hydrogen (secondary N) is 2. The summed E-state index contributed by atoms with van der Waals surface area (Å²) in [6, 6.07) is 0.0108. The molecule has 3 aromatic rings. The van der Waals surface area contributed by atoms with E-state index in [2.05, 4.69) is 31.4 Å². The van der Waals surface area contributed by atoms with Crippen LogP contribution in [-0.2, 0) is 21.4 Å². The third-order valence-electron chi connectivity index (χ3n) is 6.34. The molecule has 1 atom stereocenters. The van der Waals surface area contributed by atoms with Crippen LogP contribution in [0, 0.1) is 13.8 Å². The number of amides is 3. The van der Waals surface area contributed by atoms with Crippen molar-refractivity contribution >= 4 is 39.8 Å². The fourth-order valence-corrected chi connectivity index (χ4v) is 4.34. The highest BCUT2D eigenvalue weighted by atomic mass is 16.4. The van der Waals surface area contributed by atoms with Crippen LogP contribution in [0.4, 0.5) is 4.79 Å². The second-order valence-corrected chi connectivity index (χ2v) is 10.0. The van der Waals surface area contributed by atoms with Crippen LogP contribution < -0.4 is 27.1 Å². The first-order chi connectivity index (χ1) is 16.8. The molecule has 0 bridgehead atoms. The van der Waals surface area contributed by atoms with E-state index in [0.717, 1.165) is 21.9 Å². The van der Waals surface area contributed by atoms with Crippen LogP contribution >= 0.6 is 0 Å². The van der Waals surface area contributed by atoms with Gasteiger partial charge in [0.1, 0.15) is 11.2 Å². The number of benzene rings is 1. The zero-order chi connectivity index (χ0) is 26.8. The Bertz CT molecular complexity index is 1380. The number of hydrogen-bond acceptors (Lipinski definition) is 7. The molecule has 0 spiro atoms. The highest BCUT2D eigenvalue weighted by molar-refractivity contribution is 6.00. The fourth-order valence-electron chi connectivity index (χ4n) is 4.34. The highest BCUT2D eigenvalue weighted by Crippen LogP contribution is 2.37. The zero-order valence-corrected chi connectivity index (χ0v) is 21.2. The van der Waals surface area contributed by atoms with Crippen LogP contribution in [0.2, 0.25) is 0 Å². The van der Waals surface area contributed by atoms with Gasteiger partial charge in [-0.1, -0.05) is 20.8 Å².